The zero-order valence-corrected chi connectivity index (χ0v) is 40.4. The van der Waals surface area contributed by atoms with Crippen LogP contribution in [0.2, 0.25) is 0 Å². The van der Waals surface area contributed by atoms with Crippen molar-refractivity contribution in [3.8, 4) is 0 Å². The predicted octanol–water partition coefficient (Wildman–Crippen LogP) is 10.6. The number of allylic oxidation sites excluding steroid dienone is 8. The molecule has 2 unspecified atom stereocenters. The lowest BCUT2D eigenvalue weighted by atomic mass is 9.98. The van der Waals surface area contributed by atoms with Gasteiger partial charge in [-0.05, 0) is 77.0 Å². The van der Waals surface area contributed by atoms with Gasteiger partial charge in [0.15, 0.2) is 5.79 Å². The smallest absolute Gasteiger partial charge is 0.268 e. The van der Waals surface area contributed by atoms with Crippen molar-refractivity contribution in [2.45, 2.75) is 211 Å². The monoisotopic (exact) mass is 917 g/mol. The first-order chi connectivity index (χ1) is 30.1. The van der Waals surface area contributed by atoms with Gasteiger partial charge in [-0.25, -0.2) is 0 Å². The minimum Gasteiger partial charge on any atom is -0.756 e. The Morgan fingerprint density at radius 1 is 0.500 bits per heavy atom. The minimum atomic E-state index is -4.68. The van der Waals surface area contributed by atoms with Crippen LogP contribution in [0.1, 0.15) is 181 Å². The fourth-order valence-corrected chi connectivity index (χ4v) is 9.21. The normalized spacial score (nSPS) is 22.2. The zero-order valence-electron chi connectivity index (χ0n) is 38.6. The zero-order chi connectivity index (χ0) is 45.0. The van der Waals surface area contributed by atoms with Gasteiger partial charge in [-0.2, -0.15) is 0 Å². The van der Waals surface area contributed by atoms with E-state index in [4.69, 9.17) is 43.8 Å². The van der Waals surface area contributed by atoms with E-state index in [0.29, 0.717) is 12.8 Å². The molecule has 0 aliphatic carbocycles. The molecule has 62 heavy (non-hydrogen) atoms. The van der Waals surface area contributed by atoms with Crippen LogP contribution in [0, 0.1) is 0 Å². The molecule has 0 amide bonds. The lowest BCUT2D eigenvalue weighted by Crippen LogP contribution is -2.37. The summed E-state index contributed by atoms with van der Waals surface area (Å²) in [6.45, 7) is 3.22. The average molecular weight is 917 g/mol. The molecule has 2 heterocycles. The van der Waals surface area contributed by atoms with E-state index in [2.05, 4.69) is 62.5 Å². The van der Waals surface area contributed by atoms with Crippen LogP contribution in [-0.2, 0) is 41.4 Å². The molecule has 2 aliphatic heterocycles. The second-order valence-electron chi connectivity index (χ2n) is 16.7. The molecule has 2 saturated heterocycles. The van der Waals surface area contributed by atoms with Crippen molar-refractivity contribution >= 4 is 15.6 Å². The van der Waals surface area contributed by atoms with Crippen LogP contribution in [0.5, 0.6) is 0 Å². The molecule has 0 aromatic carbocycles. The molecule has 0 saturated carbocycles. The highest BCUT2D eigenvalue weighted by molar-refractivity contribution is 7.46. The highest BCUT2D eigenvalue weighted by atomic mass is 31.2. The van der Waals surface area contributed by atoms with Gasteiger partial charge >= 0.3 is 0 Å². The van der Waals surface area contributed by atoms with Gasteiger partial charge in [-0.3, -0.25) is 9.13 Å². The lowest BCUT2D eigenvalue weighted by molar-refractivity contribution is -0.239. The largest absolute Gasteiger partial charge is 0.756 e. The van der Waals surface area contributed by atoms with E-state index in [-0.39, 0.29) is 26.3 Å². The number of rotatable bonds is 42. The molecule has 0 bridgehead atoms. The maximum Gasteiger partial charge on any atom is 0.268 e. The van der Waals surface area contributed by atoms with Crippen molar-refractivity contribution in [2.24, 2.45) is 11.5 Å². The molecule has 0 spiro atoms. The Hall–Kier alpha value is -1.02. The fourth-order valence-electron chi connectivity index (χ4n) is 7.74. The third-order valence-electron chi connectivity index (χ3n) is 11.2. The van der Waals surface area contributed by atoms with Crippen LogP contribution < -0.4 is 21.3 Å². The van der Waals surface area contributed by atoms with E-state index < -0.39 is 59.1 Å². The third kappa shape index (κ3) is 27.5. The number of fused-ring (bicyclic) bond motifs is 1. The van der Waals surface area contributed by atoms with Crippen molar-refractivity contribution < 1.29 is 51.2 Å². The van der Waals surface area contributed by atoms with Crippen molar-refractivity contribution in [1.29, 1.82) is 0 Å². The fraction of sp³-hybridized carbons (Fsp3) is 0.830. The van der Waals surface area contributed by atoms with E-state index >= 15 is 0 Å². The Bertz CT molecular complexity index is 1220. The Kier molecular flexibility index (Phi) is 33.3. The summed E-state index contributed by atoms with van der Waals surface area (Å²) in [6.07, 6.45) is 43.7. The summed E-state index contributed by atoms with van der Waals surface area (Å²) in [5.74, 6) is -0.936. The maximum atomic E-state index is 12.4. The second kappa shape index (κ2) is 36.1. The van der Waals surface area contributed by atoms with Crippen molar-refractivity contribution in [1.82, 2.24) is 0 Å². The van der Waals surface area contributed by atoms with Gasteiger partial charge in [-0.1, -0.05) is 140 Å². The summed E-state index contributed by atoms with van der Waals surface area (Å²) in [5.41, 5.74) is 10.8. The van der Waals surface area contributed by atoms with E-state index in [1.165, 1.54) is 77.0 Å². The van der Waals surface area contributed by atoms with Gasteiger partial charge in [0.1, 0.15) is 24.4 Å². The summed E-state index contributed by atoms with van der Waals surface area (Å²) < 4.78 is 64.4. The molecule has 2 rings (SSSR count). The topological polar surface area (TPSA) is 197 Å². The summed E-state index contributed by atoms with van der Waals surface area (Å²) in [7, 11) is -9.35. The van der Waals surface area contributed by atoms with Gasteiger partial charge in [0, 0.05) is 25.9 Å². The first kappa shape index (κ1) is 57.1. The highest BCUT2D eigenvalue weighted by Gasteiger charge is 2.58. The molecule has 362 valence electrons. The first-order valence-corrected chi connectivity index (χ1v) is 27.2. The van der Waals surface area contributed by atoms with E-state index in [0.717, 1.165) is 77.0 Å². The summed E-state index contributed by atoms with van der Waals surface area (Å²) in [5, 5.41) is 0. The first-order valence-electron chi connectivity index (χ1n) is 24.3. The molecule has 0 aromatic rings. The molecular weight excluding hydrogens is 830 g/mol. The van der Waals surface area contributed by atoms with Crippen molar-refractivity contribution in [3.63, 3.8) is 0 Å². The summed E-state index contributed by atoms with van der Waals surface area (Å²) >= 11 is 0. The molecule has 6 atom stereocenters. The van der Waals surface area contributed by atoms with Gasteiger partial charge in [0.2, 0.25) is 0 Å². The molecule has 0 radical (unpaired) electrons. The van der Waals surface area contributed by atoms with Crippen LogP contribution >= 0.6 is 15.6 Å². The van der Waals surface area contributed by atoms with E-state index in [9.17, 15) is 18.9 Å². The Morgan fingerprint density at radius 3 is 1.19 bits per heavy atom. The number of hydrogen-bond donors (Lipinski definition) is 2. The summed E-state index contributed by atoms with van der Waals surface area (Å²) in [6, 6.07) is 0. The van der Waals surface area contributed by atoms with Crippen LogP contribution in [-0.4, -0.2) is 69.7 Å². The molecule has 4 N–H and O–H groups in total. The number of phosphoric acid groups is 2. The van der Waals surface area contributed by atoms with Gasteiger partial charge in [-0.15, -0.1) is 0 Å². The molecule has 2 aliphatic rings. The average Bonchev–Trinajstić information content (AvgIpc) is 3.78. The molecule has 13 nitrogen and oxygen atoms in total. The van der Waals surface area contributed by atoms with E-state index in [1.54, 1.807) is 0 Å². The lowest BCUT2D eigenvalue weighted by Gasteiger charge is -2.32. The van der Waals surface area contributed by atoms with Gasteiger partial charge in [0.05, 0.1) is 26.4 Å². The number of phosphoric ester groups is 2. The second-order valence-corrected chi connectivity index (χ2v) is 19.5. The Labute approximate surface area is 376 Å². The van der Waals surface area contributed by atoms with E-state index in [1.807, 2.05) is 0 Å². The van der Waals surface area contributed by atoms with Crippen molar-refractivity contribution in [2.75, 3.05) is 39.5 Å². The van der Waals surface area contributed by atoms with Crippen LogP contribution in [0.3, 0.4) is 0 Å². The standard InChI is InChI=1S/C47H88N2O11P2/c1-3-5-7-9-11-13-15-17-19-21-23-25-27-29-31-33-35-47(36-34-32-30-28-26-24-22-20-18-16-14-12-10-8-6-4-2)59-45-43(41-56-61(50,51)54-39-37-48)58-44(46(45)60-47)42-57-62(52,53)55-40-38-49/h11-14,17-20,43-46H,3-10,15-16,21-42,48-49H2,1-2H3,(H,50,51)(H,52,53)/p-2/b13-11-,14-12-,19-17-,20-18-/t43-,44+,45-,46-/m1/s1. The third-order valence-corrected chi connectivity index (χ3v) is 13.1. The Morgan fingerprint density at radius 2 is 0.839 bits per heavy atom. The van der Waals surface area contributed by atoms with Crippen LogP contribution in [0.4, 0.5) is 0 Å². The van der Waals surface area contributed by atoms with Crippen molar-refractivity contribution in [3.05, 3.63) is 48.6 Å². The highest BCUT2D eigenvalue weighted by Crippen LogP contribution is 2.47. The minimum absolute atomic E-state index is 0.00396. The number of hydrogen-bond acceptors (Lipinski definition) is 13. The maximum absolute atomic E-state index is 12.4. The van der Waals surface area contributed by atoms with Crippen LogP contribution in [0.25, 0.3) is 0 Å². The quantitative estimate of drug-likeness (QED) is 0.0334. The number of nitrogens with two attached hydrogens (primary N) is 2. The Balaban J connectivity index is 1.95. The summed E-state index contributed by atoms with van der Waals surface area (Å²) in [4.78, 5) is 24.8. The molecular formula is C47H86N2O11P2-2. The SMILES string of the molecule is CCCCC/C=C\C/C=C\CCCCCCCCC1(CCCCCCCC/C=C\C/C=C\CCCCC)O[C@H]2[C@H](O1)[C@@H](COP(=O)([O-])OCCN)O[C@H]2COP(=O)([O-])OCCN. The predicted molar refractivity (Wildman–Crippen MR) is 246 cm³/mol. The van der Waals surface area contributed by atoms with Gasteiger partial charge < -0.3 is 53.6 Å². The van der Waals surface area contributed by atoms with Gasteiger partial charge in [0.25, 0.3) is 15.6 Å². The number of ether oxygens (including phenoxy) is 3. The number of unbranched alkanes of at least 4 members (excludes halogenated alkanes) is 18. The van der Waals surface area contributed by atoms with Crippen LogP contribution in [0.15, 0.2) is 48.6 Å². The molecule has 15 heteroatoms. The molecule has 0 aromatic heterocycles. The molecule has 2 fully saturated rings.